The Kier molecular flexibility index (Phi) is 7.85. The Morgan fingerprint density at radius 3 is 2.23 bits per heavy atom. The van der Waals surface area contributed by atoms with Crippen LogP contribution in [0.5, 0.6) is 11.5 Å². The molecule has 0 unspecified atom stereocenters. The Labute approximate surface area is 226 Å². The van der Waals surface area contributed by atoms with Crippen molar-refractivity contribution in [2.24, 2.45) is 0 Å². The average Bonchev–Trinajstić information content (AvgIpc) is 2.93. The normalized spacial score (nSPS) is 34.7. The van der Waals surface area contributed by atoms with Crippen LogP contribution in [0.25, 0.3) is 22.3 Å². The molecule has 0 amide bonds. The van der Waals surface area contributed by atoms with E-state index in [1.54, 1.807) is 0 Å². The van der Waals surface area contributed by atoms with Gasteiger partial charge in [0.1, 0.15) is 71.7 Å². The molecule has 2 aromatic carbocycles. The highest BCUT2D eigenvalue weighted by Crippen LogP contribution is 2.43. The number of fused-ring (bicyclic) bond motifs is 1. The van der Waals surface area contributed by atoms with Crippen molar-refractivity contribution in [2.75, 3.05) is 6.61 Å². The zero-order valence-corrected chi connectivity index (χ0v) is 21.1. The summed E-state index contributed by atoms with van der Waals surface area (Å²) in [6, 6.07) is 9.55. The van der Waals surface area contributed by atoms with Gasteiger partial charge >= 0.3 is 0 Å². The molecule has 2 aliphatic heterocycles. The summed E-state index contributed by atoms with van der Waals surface area (Å²) in [7, 11) is 0. The van der Waals surface area contributed by atoms with Crippen molar-refractivity contribution in [3.63, 3.8) is 0 Å². The maximum absolute atomic E-state index is 13.1. The third-order valence-corrected chi connectivity index (χ3v) is 7.32. The van der Waals surface area contributed by atoms with Crippen molar-refractivity contribution in [1.29, 1.82) is 0 Å². The van der Waals surface area contributed by atoms with Crippen LogP contribution in [0.4, 0.5) is 0 Å². The molecule has 0 saturated carbocycles. The van der Waals surface area contributed by atoms with Crippen LogP contribution in [-0.2, 0) is 14.2 Å². The first-order valence-corrected chi connectivity index (χ1v) is 12.6. The van der Waals surface area contributed by atoms with Crippen LogP contribution in [0.15, 0.2) is 51.7 Å². The minimum atomic E-state index is -1.78. The van der Waals surface area contributed by atoms with Gasteiger partial charge in [0.15, 0.2) is 11.7 Å². The molecule has 3 aromatic rings. The molecule has 2 aliphatic rings. The minimum Gasteiger partial charge on any atom is -0.508 e. The Hall–Kier alpha value is -3.11. The van der Waals surface area contributed by atoms with Gasteiger partial charge in [0.2, 0.25) is 0 Å². The number of phenolic OH excluding ortho intramolecular Hbond substituents is 2. The smallest absolute Gasteiger partial charge is 0.193 e. The van der Waals surface area contributed by atoms with Crippen LogP contribution in [0.3, 0.4) is 0 Å². The number of phenols is 2. The summed E-state index contributed by atoms with van der Waals surface area (Å²) < 4.78 is 23.2. The molecular weight excluding hydrogens is 532 g/mol. The van der Waals surface area contributed by atoms with E-state index in [1.807, 2.05) is 0 Å². The summed E-state index contributed by atoms with van der Waals surface area (Å²) in [5.74, 6) is -0.373. The monoisotopic (exact) mass is 562 g/mol. The van der Waals surface area contributed by atoms with Crippen LogP contribution in [-0.4, -0.2) is 103 Å². The van der Waals surface area contributed by atoms with Gasteiger partial charge in [-0.15, -0.1) is 0 Å². The SMILES string of the molecule is C[C@@H]1O[C@@H](O[C@@H]2[C@@H](O)[C@H](O)[C@H](CO)O[C@H]2c2c(O)ccc3c(=O)cc(-c4ccc(O)cc4)oc23)[C@H](O)[C@@H](O)[C@H]1O. The fourth-order valence-electron chi connectivity index (χ4n) is 5.03. The lowest BCUT2D eigenvalue weighted by Crippen LogP contribution is -2.61. The van der Waals surface area contributed by atoms with Gasteiger partial charge in [-0.05, 0) is 43.3 Å². The summed E-state index contributed by atoms with van der Waals surface area (Å²) in [5.41, 5.74) is -0.380. The number of rotatable bonds is 5. The van der Waals surface area contributed by atoms with Crippen LogP contribution in [0.2, 0.25) is 0 Å². The second kappa shape index (κ2) is 11.0. The highest BCUT2D eigenvalue weighted by atomic mass is 16.7. The van der Waals surface area contributed by atoms with Gasteiger partial charge in [0.25, 0.3) is 0 Å². The molecule has 10 atom stereocenters. The molecule has 13 heteroatoms. The van der Waals surface area contributed by atoms with Crippen molar-refractivity contribution >= 4 is 11.0 Å². The van der Waals surface area contributed by atoms with Gasteiger partial charge in [-0.25, -0.2) is 0 Å². The van der Waals surface area contributed by atoms with E-state index >= 15 is 0 Å². The average molecular weight is 563 g/mol. The quantitative estimate of drug-likeness (QED) is 0.192. The lowest BCUT2D eigenvalue weighted by atomic mass is 9.89. The molecule has 40 heavy (non-hydrogen) atoms. The molecule has 2 saturated heterocycles. The fourth-order valence-corrected chi connectivity index (χ4v) is 5.03. The zero-order chi connectivity index (χ0) is 28.9. The van der Waals surface area contributed by atoms with E-state index in [2.05, 4.69) is 0 Å². The molecule has 0 bridgehead atoms. The summed E-state index contributed by atoms with van der Waals surface area (Å²) in [6.45, 7) is 0.689. The first kappa shape index (κ1) is 28.4. The largest absolute Gasteiger partial charge is 0.508 e. The lowest BCUT2D eigenvalue weighted by molar-refractivity contribution is -0.338. The van der Waals surface area contributed by atoms with Gasteiger partial charge in [0.05, 0.1) is 23.7 Å². The third-order valence-electron chi connectivity index (χ3n) is 7.32. The molecule has 5 rings (SSSR count). The van der Waals surface area contributed by atoms with Crippen LogP contribution >= 0.6 is 0 Å². The predicted molar refractivity (Wildman–Crippen MR) is 135 cm³/mol. The van der Waals surface area contributed by atoms with E-state index in [9.17, 15) is 45.6 Å². The summed E-state index contributed by atoms with van der Waals surface area (Å²) >= 11 is 0. The lowest BCUT2D eigenvalue weighted by Gasteiger charge is -2.46. The van der Waals surface area contributed by atoms with Crippen molar-refractivity contribution < 1.29 is 59.5 Å². The molecule has 0 aliphatic carbocycles. The first-order chi connectivity index (χ1) is 19.0. The van der Waals surface area contributed by atoms with Crippen LogP contribution in [0.1, 0.15) is 18.6 Å². The summed E-state index contributed by atoms with van der Waals surface area (Å²) in [5, 5.41) is 82.8. The van der Waals surface area contributed by atoms with Crippen LogP contribution < -0.4 is 5.43 Å². The number of hydrogen-bond acceptors (Lipinski definition) is 13. The second-order valence-electron chi connectivity index (χ2n) is 9.94. The van der Waals surface area contributed by atoms with E-state index < -0.39 is 79.0 Å². The number of aliphatic hydroxyl groups is 6. The van der Waals surface area contributed by atoms with Crippen molar-refractivity contribution in [3.8, 4) is 22.8 Å². The van der Waals surface area contributed by atoms with Crippen molar-refractivity contribution in [2.45, 2.75) is 68.1 Å². The highest BCUT2D eigenvalue weighted by molar-refractivity contribution is 5.84. The Morgan fingerprint density at radius 2 is 1.55 bits per heavy atom. The maximum atomic E-state index is 13.1. The summed E-state index contributed by atoms with van der Waals surface area (Å²) in [6.07, 6.45) is -15.4. The molecule has 0 spiro atoms. The number of benzene rings is 2. The van der Waals surface area contributed by atoms with E-state index in [0.717, 1.165) is 0 Å². The van der Waals surface area contributed by atoms with Crippen molar-refractivity contribution in [1.82, 2.24) is 0 Å². The van der Waals surface area contributed by atoms with Gasteiger partial charge in [-0.2, -0.15) is 0 Å². The number of aromatic hydroxyl groups is 2. The maximum Gasteiger partial charge on any atom is 0.193 e. The number of ether oxygens (including phenoxy) is 3. The topological polar surface area (TPSA) is 220 Å². The zero-order valence-electron chi connectivity index (χ0n) is 21.1. The van der Waals surface area contributed by atoms with Gasteiger partial charge in [0, 0.05) is 11.6 Å². The van der Waals surface area contributed by atoms with E-state index in [1.165, 1.54) is 49.4 Å². The fraction of sp³-hybridized carbons (Fsp3) is 0.444. The summed E-state index contributed by atoms with van der Waals surface area (Å²) in [4.78, 5) is 13.1. The Bertz CT molecular complexity index is 1410. The molecular formula is C27H30O13. The highest BCUT2D eigenvalue weighted by Gasteiger charge is 2.51. The molecule has 0 radical (unpaired) electrons. The molecule has 1 aromatic heterocycles. The predicted octanol–water partition coefficient (Wildman–Crippen LogP) is -0.762. The molecule has 216 valence electrons. The number of aliphatic hydroxyl groups excluding tert-OH is 6. The van der Waals surface area contributed by atoms with Gasteiger partial charge in [-0.1, -0.05) is 0 Å². The Morgan fingerprint density at radius 1 is 0.850 bits per heavy atom. The minimum absolute atomic E-state index is 0.0116. The van der Waals surface area contributed by atoms with E-state index in [-0.39, 0.29) is 28.0 Å². The van der Waals surface area contributed by atoms with Gasteiger partial charge < -0.3 is 59.5 Å². The van der Waals surface area contributed by atoms with E-state index in [4.69, 9.17) is 18.6 Å². The first-order valence-electron chi connectivity index (χ1n) is 12.6. The Balaban J connectivity index is 1.63. The second-order valence-corrected chi connectivity index (χ2v) is 9.94. The molecule has 8 N–H and O–H groups in total. The van der Waals surface area contributed by atoms with Crippen LogP contribution in [0, 0.1) is 0 Å². The van der Waals surface area contributed by atoms with E-state index in [0.29, 0.717) is 5.56 Å². The molecule has 2 fully saturated rings. The van der Waals surface area contributed by atoms with Crippen molar-refractivity contribution in [3.05, 3.63) is 58.3 Å². The number of hydrogen-bond donors (Lipinski definition) is 8. The third kappa shape index (κ3) is 4.96. The standard InChI is InChI=1S/C27H30O13/c1-10-19(32)21(34)23(36)27(37-10)40-26-22(35)20(33)17(9-28)39-25(26)18-14(30)7-6-13-15(31)8-16(38-24(13)18)11-2-4-12(29)5-3-11/h2-8,10,17,19-23,25-30,32-36H,9H2,1H3/t10-,17-,19-,20+,21-,22-,23+,25-,26+,27-/m0/s1. The van der Waals surface area contributed by atoms with Gasteiger partial charge in [-0.3, -0.25) is 4.79 Å². The molecule has 3 heterocycles. The molecule has 13 nitrogen and oxygen atoms in total.